The van der Waals surface area contributed by atoms with E-state index in [0.29, 0.717) is 4.34 Å². The molecule has 2 amide bonds. The third-order valence-electron chi connectivity index (χ3n) is 2.02. The second-order valence-corrected chi connectivity index (χ2v) is 6.13. The standard InChI is InChI=1S/C10H16N4O3S2/c1-4-5-6-18-9-12-14(10(16)17)8(19-9)11-7(15)13(2)3/h4-6H2,1-3H3,(H,16,17). The highest BCUT2D eigenvalue weighted by Crippen LogP contribution is 2.19. The molecular weight excluding hydrogens is 288 g/mol. The molecule has 0 radical (unpaired) electrons. The molecule has 0 atom stereocenters. The van der Waals surface area contributed by atoms with E-state index in [0.717, 1.165) is 34.6 Å². The van der Waals surface area contributed by atoms with Crippen molar-refractivity contribution in [3.63, 3.8) is 0 Å². The van der Waals surface area contributed by atoms with Gasteiger partial charge >= 0.3 is 12.1 Å². The largest absolute Gasteiger partial charge is 0.463 e. The van der Waals surface area contributed by atoms with E-state index in [-0.39, 0.29) is 4.80 Å². The first-order chi connectivity index (χ1) is 8.95. The van der Waals surface area contributed by atoms with E-state index in [1.54, 1.807) is 14.1 Å². The highest BCUT2D eigenvalue weighted by Gasteiger charge is 2.12. The number of amides is 2. The van der Waals surface area contributed by atoms with Crippen LogP contribution in [-0.2, 0) is 0 Å². The molecule has 0 aromatic carbocycles. The van der Waals surface area contributed by atoms with Crippen molar-refractivity contribution < 1.29 is 14.7 Å². The molecule has 7 nitrogen and oxygen atoms in total. The lowest BCUT2D eigenvalue weighted by Crippen LogP contribution is -2.27. The summed E-state index contributed by atoms with van der Waals surface area (Å²) >= 11 is 2.58. The number of urea groups is 1. The van der Waals surface area contributed by atoms with Gasteiger partial charge in [0, 0.05) is 19.8 Å². The lowest BCUT2D eigenvalue weighted by Gasteiger charge is -2.03. The van der Waals surface area contributed by atoms with Crippen molar-refractivity contribution >= 4 is 35.2 Å². The number of carbonyl (C=O) groups excluding carboxylic acids is 1. The number of carbonyl (C=O) groups is 2. The number of hydrogen-bond acceptors (Lipinski definition) is 5. The summed E-state index contributed by atoms with van der Waals surface area (Å²) in [6.45, 7) is 2.08. The smallest absolute Gasteiger partial charge is 0.434 e. The summed E-state index contributed by atoms with van der Waals surface area (Å²) in [7, 11) is 3.10. The van der Waals surface area contributed by atoms with Crippen molar-refractivity contribution in [2.75, 3.05) is 19.8 Å². The Kier molecular flexibility index (Phi) is 6.03. The van der Waals surface area contributed by atoms with Crippen LogP contribution >= 0.6 is 23.1 Å². The number of nitrogens with zero attached hydrogens (tertiary/aromatic N) is 4. The minimum Gasteiger partial charge on any atom is -0.463 e. The molecule has 0 aliphatic carbocycles. The minimum absolute atomic E-state index is 0.0743. The van der Waals surface area contributed by atoms with Crippen LogP contribution < -0.4 is 4.80 Å². The van der Waals surface area contributed by atoms with Gasteiger partial charge in [-0.3, -0.25) is 0 Å². The molecule has 0 unspecified atom stereocenters. The van der Waals surface area contributed by atoms with Gasteiger partial charge in [-0.15, -0.1) is 9.78 Å². The van der Waals surface area contributed by atoms with Crippen LogP contribution in [0.2, 0.25) is 0 Å². The van der Waals surface area contributed by atoms with Crippen molar-refractivity contribution in [3.8, 4) is 0 Å². The van der Waals surface area contributed by atoms with Crippen LogP contribution in [0.15, 0.2) is 9.33 Å². The maximum atomic E-state index is 11.5. The molecule has 106 valence electrons. The van der Waals surface area contributed by atoms with E-state index in [1.165, 1.54) is 16.7 Å². The van der Waals surface area contributed by atoms with E-state index in [2.05, 4.69) is 17.0 Å². The fraction of sp³-hybridized carbons (Fsp3) is 0.600. The maximum Gasteiger partial charge on any atom is 0.434 e. The molecule has 1 heterocycles. The Balaban J connectivity index is 3.02. The van der Waals surface area contributed by atoms with E-state index in [1.807, 2.05) is 0 Å². The quantitative estimate of drug-likeness (QED) is 0.678. The Hall–Kier alpha value is -1.35. The molecule has 0 saturated carbocycles. The molecular formula is C10H16N4O3S2. The van der Waals surface area contributed by atoms with Gasteiger partial charge in [0.1, 0.15) is 0 Å². The lowest BCUT2D eigenvalue weighted by atomic mass is 10.4. The zero-order valence-electron chi connectivity index (χ0n) is 11.0. The Morgan fingerprint density at radius 2 is 2.21 bits per heavy atom. The normalized spacial score (nSPS) is 11.6. The highest BCUT2D eigenvalue weighted by molar-refractivity contribution is 8.00. The second-order valence-electron chi connectivity index (χ2n) is 3.84. The van der Waals surface area contributed by atoms with Crippen LogP contribution in [-0.4, -0.2) is 51.8 Å². The van der Waals surface area contributed by atoms with Crippen LogP contribution in [0.4, 0.5) is 9.59 Å². The lowest BCUT2D eigenvalue weighted by molar-refractivity contribution is 0.191. The fourth-order valence-electron chi connectivity index (χ4n) is 1.00. The molecule has 0 aliphatic heterocycles. The van der Waals surface area contributed by atoms with Crippen LogP contribution in [0.25, 0.3) is 0 Å². The zero-order valence-corrected chi connectivity index (χ0v) is 12.6. The van der Waals surface area contributed by atoms with Gasteiger partial charge < -0.3 is 10.0 Å². The molecule has 0 aliphatic rings. The van der Waals surface area contributed by atoms with Gasteiger partial charge in [0.25, 0.3) is 0 Å². The first-order valence-electron chi connectivity index (χ1n) is 5.68. The summed E-state index contributed by atoms with van der Waals surface area (Å²) in [6, 6.07) is -0.510. The molecule has 1 aromatic heterocycles. The second kappa shape index (κ2) is 7.29. The summed E-state index contributed by atoms with van der Waals surface area (Å²) < 4.78 is 1.33. The maximum absolute atomic E-state index is 11.5. The Labute approximate surface area is 119 Å². The van der Waals surface area contributed by atoms with E-state index < -0.39 is 12.1 Å². The van der Waals surface area contributed by atoms with E-state index >= 15 is 0 Å². The van der Waals surface area contributed by atoms with Gasteiger partial charge in [0.05, 0.1) is 0 Å². The SMILES string of the molecule is CCCCSc1nn(C(=O)O)c(=NC(=O)N(C)C)s1. The number of hydrogen-bond donors (Lipinski definition) is 1. The first-order valence-corrected chi connectivity index (χ1v) is 7.48. The van der Waals surface area contributed by atoms with Gasteiger partial charge in [0.15, 0.2) is 4.34 Å². The molecule has 1 rings (SSSR count). The number of thioether (sulfide) groups is 1. The molecule has 1 aromatic rings. The molecule has 19 heavy (non-hydrogen) atoms. The number of carboxylic acid groups (broad SMARTS) is 1. The third kappa shape index (κ3) is 4.67. The summed E-state index contributed by atoms with van der Waals surface area (Å²) in [5, 5.41) is 12.9. The Morgan fingerprint density at radius 1 is 1.53 bits per heavy atom. The van der Waals surface area contributed by atoms with Crippen molar-refractivity contribution in [1.82, 2.24) is 14.7 Å². The van der Waals surface area contributed by atoms with Crippen LogP contribution in [0, 0.1) is 0 Å². The summed E-state index contributed by atoms with van der Waals surface area (Å²) in [6.07, 6.45) is 0.845. The average molecular weight is 304 g/mol. The first kappa shape index (κ1) is 15.7. The molecule has 0 fully saturated rings. The monoisotopic (exact) mass is 304 g/mol. The molecule has 9 heteroatoms. The number of aromatic nitrogens is 2. The summed E-state index contributed by atoms with van der Waals surface area (Å²) in [5.41, 5.74) is 0. The summed E-state index contributed by atoms with van der Waals surface area (Å²) in [4.78, 5) is 27.6. The van der Waals surface area contributed by atoms with Gasteiger partial charge in [0.2, 0.25) is 4.80 Å². The topological polar surface area (TPSA) is 87.8 Å². The zero-order chi connectivity index (χ0) is 14.4. The third-order valence-corrected chi connectivity index (χ3v) is 4.15. The fourth-order valence-corrected chi connectivity index (χ4v) is 3.07. The van der Waals surface area contributed by atoms with Crippen molar-refractivity contribution in [1.29, 1.82) is 0 Å². The van der Waals surface area contributed by atoms with Gasteiger partial charge in [-0.2, -0.15) is 4.99 Å². The Morgan fingerprint density at radius 3 is 2.74 bits per heavy atom. The van der Waals surface area contributed by atoms with E-state index in [4.69, 9.17) is 5.11 Å². The predicted molar refractivity (Wildman–Crippen MR) is 73.8 cm³/mol. The van der Waals surface area contributed by atoms with Crippen molar-refractivity contribution in [2.45, 2.75) is 24.1 Å². The molecule has 0 saturated heterocycles. The minimum atomic E-state index is -1.25. The number of unbranched alkanes of at least 4 members (excludes halogenated alkanes) is 1. The Bertz CT molecular complexity index is 521. The van der Waals surface area contributed by atoms with Crippen molar-refractivity contribution in [3.05, 3.63) is 4.80 Å². The highest BCUT2D eigenvalue weighted by atomic mass is 32.2. The van der Waals surface area contributed by atoms with Crippen LogP contribution in [0.1, 0.15) is 19.8 Å². The van der Waals surface area contributed by atoms with Crippen LogP contribution in [0.3, 0.4) is 0 Å². The molecule has 0 spiro atoms. The van der Waals surface area contributed by atoms with Crippen molar-refractivity contribution in [2.24, 2.45) is 4.99 Å². The average Bonchev–Trinajstić information content (AvgIpc) is 2.72. The van der Waals surface area contributed by atoms with E-state index in [9.17, 15) is 9.59 Å². The number of rotatable bonds is 4. The van der Waals surface area contributed by atoms with Gasteiger partial charge in [-0.25, -0.2) is 9.59 Å². The van der Waals surface area contributed by atoms with Crippen LogP contribution in [0.5, 0.6) is 0 Å². The van der Waals surface area contributed by atoms with Gasteiger partial charge in [-0.1, -0.05) is 36.4 Å². The van der Waals surface area contributed by atoms with Gasteiger partial charge in [-0.05, 0) is 6.42 Å². The molecule has 1 N–H and O–H groups in total. The summed E-state index contributed by atoms with van der Waals surface area (Å²) in [5.74, 6) is 0.866. The molecule has 0 bridgehead atoms. The predicted octanol–water partition coefficient (Wildman–Crippen LogP) is 1.95.